The number of aromatic hydroxyl groups is 1. The Morgan fingerprint density at radius 2 is 2.00 bits per heavy atom. The maximum atomic E-state index is 11.9. The first-order valence-corrected chi connectivity index (χ1v) is 8.19. The van der Waals surface area contributed by atoms with E-state index < -0.39 is 16.1 Å². The number of hydrogen-bond acceptors (Lipinski definition) is 5. The number of hydrazone groups is 1. The number of phenols is 1. The zero-order chi connectivity index (χ0) is 15.0. The Kier molecular flexibility index (Phi) is 3.21. The van der Waals surface area contributed by atoms with Crippen molar-refractivity contribution in [3.05, 3.63) is 54.0 Å². The van der Waals surface area contributed by atoms with E-state index in [2.05, 4.69) is 5.10 Å². The monoisotopic (exact) mass is 306 g/mol. The van der Waals surface area contributed by atoms with Crippen LogP contribution in [-0.4, -0.2) is 29.9 Å². The molecule has 0 aliphatic carbocycles. The molecule has 0 saturated carbocycles. The molecule has 3 rings (SSSR count). The fraction of sp³-hybridized carbons (Fsp3) is 0.214. The van der Waals surface area contributed by atoms with Gasteiger partial charge in [0.05, 0.1) is 18.2 Å². The number of benzene rings is 1. The van der Waals surface area contributed by atoms with Gasteiger partial charge in [0.15, 0.2) is 0 Å². The SMILES string of the molecule is CS(=O)(=O)N1N=C(c2ccc(O)cc2)CC1c1ccco1. The van der Waals surface area contributed by atoms with Gasteiger partial charge in [-0.25, -0.2) is 8.42 Å². The minimum Gasteiger partial charge on any atom is -0.508 e. The molecule has 0 radical (unpaired) electrons. The molecular formula is C14H14N2O4S. The molecule has 1 aliphatic rings. The zero-order valence-corrected chi connectivity index (χ0v) is 12.1. The van der Waals surface area contributed by atoms with Crippen LogP contribution in [0, 0.1) is 0 Å². The molecule has 110 valence electrons. The van der Waals surface area contributed by atoms with Crippen LogP contribution in [0.1, 0.15) is 23.8 Å². The summed E-state index contributed by atoms with van der Waals surface area (Å²) in [6, 6.07) is 9.48. The molecule has 1 atom stereocenters. The number of nitrogens with zero attached hydrogens (tertiary/aromatic N) is 2. The molecule has 6 nitrogen and oxygen atoms in total. The summed E-state index contributed by atoms with van der Waals surface area (Å²) in [4.78, 5) is 0. The summed E-state index contributed by atoms with van der Waals surface area (Å²) in [7, 11) is -3.49. The number of furan rings is 1. The molecule has 2 aromatic rings. The van der Waals surface area contributed by atoms with Crippen LogP contribution in [0.25, 0.3) is 0 Å². The molecule has 0 amide bonds. The molecule has 1 aliphatic heterocycles. The molecule has 21 heavy (non-hydrogen) atoms. The Balaban J connectivity index is 1.99. The first kappa shape index (κ1) is 13.7. The van der Waals surface area contributed by atoms with Gasteiger partial charge in [-0.05, 0) is 42.0 Å². The van der Waals surface area contributed by atoms with Crippen molar-refractivity contribution in [3.8, 4) is 5.75 Å². The van der Waals surface area contributed by atoms with E-state index in [1.165, 1.54) is 6.26 Å². The summed E-state index contributed by atoms with van der Waals surface area (Å²) in [5, 5.41) is 13.5. The van der Waals surface area contributed by atoms with Gasteiger partial charge >= 0.3 is 0 Å². The summed E-state index contributed by atoms with van der Waals surface area (Å²) >= 11 is 0. The van der Waals surface area contributed by atoms with Crippen LogP contribution in [0.4, 0.5) is 0 Å². The minimum atomic E-state index is -3.49. The van der Waals surface area contributed by atoms with Gasteiger partial charge in [-0.3, -0.25) is 0 Å². The molecule has 7 heteroatoms. The van der Waals surface area contributed by atoms with Gasteiger partial charge in [0, 0.05) is 6.42 Å². The molecule has 1 unspecified atom stereocenters. The third kappa shape index (κ3) is 2.64. The molecule has 0 spiro atoms. The second-order valence-corrected chi connectivity index (χ2v) is 6.70. The van der Waals surface area contributed by atoms with Crippen molar-refractivity contribution in [1.29, 1.82) is 0 Å². The van der Waals surface area contributed by atoms with Crippen LogP contribution in [0.5, 0.6) is 5.75 Å². The van der Waals surface area contributed by atoms with Crippen molar-refractivity contribution in [1.82, 2.24) is 4.41 Å². The van der Waals surface area contributed by atoms with Crippen LogP contribution in [-0.2, 0) is 10.0 Å². The highest BCUT2D eigenvalue weighted by atomic mass is 32.2. The first-order valence-electron chi connectivity index (χ1n) is 6.35. The Morgan fingerprint density at radius 1 is 1.29 bits per heavy atom. The average molecular weight is 306 g/mol. The van der Waals surface area contributed by atoms with Gasteiger partial charge in [0.1, 0.15) is 17.6 Å². The maximum absolute atomic E-state index is 11.9. The Labute approximate surface area is 122 Å². The summed E-state index contributed by atoms with van der Waals surface area (Å²) in [5.74, 6) is 0.706. The molecule has 1 aromatic carbocycles. The van der Waals surface area contributed by atoms with Gasteiger partial charge in [-0.1, -0.05) is 0 Å². The van der Waals surface area contributed by atoms with E-state index in [1.807, 2.05) is 0 Å². The lowest BCUT2D eigenvalue weighted by Gasteiger charge is -2.18. The van der Waals surface area contributed by atoms with E-state index in [9.17, 15) is 13.5 Å². The summed E-state index contributed by atoms with van der Waals surface area (Å²) < 4.78 is 30.2. The lowest BCUT2D eigenvalue weighted by atomic mass is 10.0. The number of sulfonamides is 1. The van der Waals surface area contributed by atoms with Crippen molar-refractivity contribution in [2.75, 3.05) is 6.26 Å². The molecule has 1 aromatic heterocycles. The van der Waals surface area contributed by atoms with Crippen LogP contribution in [0.2, 0.25) is 0 Å². The van der Waals surface area contributed by atoms with E-state index >= 15 is 0 Å². The predicted octanol–water partition coefficient (Wildman–Crippen LogP) is 2.10. The van der Waals surface area contributed by atoms with Crippen molar-refractivity contribution < 1.29 is 17.9 Å². The summed E-state index contributed by atoms with van der Waals surface area (Å²) in [5.41, 5.74) is 1.41. The lowest BCUT2D eigenvalue weighted by molar-refractivity contribution is 0.322. The highest BCUT2D eigenvalue weighted by Gasteiger charge is 2.36. The predicted molar refractivity (Wildman–Crippen MR) is 77.4 cm³/mol. The van der Waals surface area contributed by atoms with E-state index in [4.69, 9.17) is 4.42 Å². The number of hydrogen-bond donors (Lipinski definition) is 1. The van der Waals surface area contributed by atoms with E-state index in [1.54, 1.807) is 36.4 Å². The molecule has 0 bridgehead atoms. The van der Waals surface area contributed by atoms with Gasteiger partial charge < -0.3 is 9.52 Å². The van der Waals surface area contributed by atoms with Gasteiger partial charge in [-0.2, -0.15) is 9.52 Å². The smallest absolute Gasteiger partial charge is 0.247 e. The second kappa shape index (κ2) is 4.92. The third-order valence-electron chi connectivity index (χ3n) is 3.28. The average Bonchev–Trinajstić information content (AvgIpc) is 3.07. The van der Waals surface area contributed by atoms with Crippen LogP contribution in [0.15, 0.2) is 52.2 Å². The quantitative estimate of drug-likeness (QED) is 0.941. The van der Waals surface area contributed by atoms with E-state index in [0.29, 0.717) is 17.9 Å². The minimum absolute atomic E-state index is 0.153. The largest absolute Gasteiger partial charge is 0.508 e. The van der Waals surface area contributed by atoms with Gasteiger partial charge in [0.2, 0.25) is 10.0 Å². The third-order valence-corrected chi connectivity index (χ3v) is 4.30. The lowest BCUT2D eigenvalue weighted by Crippen LogP contribution is -2.25. The molecular weight excluding hydrogens is 292 g/mol. The van der Waals surface area contributed by atoms with E-state index in [0.717, 1.165) is 16.2 Å². The van der Waals surface area contributed by atoms with Crippen LogP contribution < -0.4 is 0 Å². The first-order chi connectivity index (χ1) is 9.95. The highest BCUT2D eigenvalue weighted by Crippen LogP contribution is 2.34. The van der Waals surface area contributed by atoms with Crippen molar-refractivity contribution >= 4 is 15.7 Å². The van der Waals surface area contributed by atoms with Gasteiger partial charge in [0.25, 0.3) is 0 Å². The molecule has 1 N–H and O–H groups in total. The number of phenolic OH excluding ortho intramolecular Hbond substituents is 1. The normalized spacial score (nSPS) is 18.8. The zero-order valence-electron chi connectivity index (χ0n) is 11.3. The highest BCUT2D eigenvalue weighted by molar-refractivity contribution is 7.88. The fourth-order valence-corrected chi connectivity index (χ4v) is 3.20. The molecule has 0 saturated heterocycles. The molecule has 0 fully saturated rings. The van der Waals surface area contributed by atoms with Crippen LogP contribution in [0.3, 0.4) is 0 Å². The Bertz CT molecular complexity index is 764. The Hall–Kier alpha value is -2.28. The summed E-state index contributed by atoms with van der Waals surface area (Å²) in [6.07, 6.45) is 3.05. The fourth-order valence-electron chi connectivity index (χ4n) is 2.32. The second-order valence-electron chi connectivity index (χ2n) is 4.86. The van der Waals surface area contributed by atoms with E-state index in [-0.39, 0.29) is 5.75 Å². The number of rotatable bonds is 3. The maximum Gasteiger partial charge on any atom is 0.247 e. The van der Waals surface area contributed by atoms with Crippen molar-refractivity contribution in [2.24, 2.45) is 5.10 Å². The van der Waals surface area contributed by atoms with Crippen LogP contribution >= 0.6 is 0 Å². The molecule has 2 heterocycles. The topological polar surface area (TPSA) is 83.1 Å². The van der Waals surface area contributed by atoms with Crippen molar-refractivity contribution in [2.45, 2.75) is 12.5 Å². The van der Waals surface area contributed by atoms with Crippen molar-refractivity contribution in [3.63, 3.8) is 0 Å². The standard InChI is InChI=1S/C14H14N2O4S/c1-21(18,19)16-13(14-3-2-8-20-14)9-12(15-16)10-4-6-11(17)7-5-10/h2-8,13,17H,9H2,1H3. The Morgan fingerprint density at radius 3 is 2.57 bits per heavy atom. The van der Waals surface area contributed by atoms with Gasteiger partial charge in [-0.15, -0.1) is 0 Å². The summed E-state index contributed by atoms with van der Waals surface area (Å²) in [6.45, 7) is 0.